The second kappa shape index (κ2) is 9.91. The molecule has 0 heterocycles. The van der Waals surface area contributed by atoms with Gasteiger partial charge in [0.25, 0.3) is 11.8 Å². The van der Waals surface area contributed by atoms with Crippen LogP contribution in [-0.4, -0.2) is 18.4 Å². The molecule has 33 heavy (non-hydrogen) atoms. The van der Waals surface area contributed by atoms with Gasteiger partial charge in [-0.1, -0.05) is 11.6 Å². The first kappa shape index (κ1) is 24.1. The van der Waals surface area contributed by atoms with Crippen LogP contribution >= 0.6 is 11.6 Å². The quantitative estimate of drug-likeness (QED) is 0.420. The van der Waals surface area contributed by atoms with Crippen LogP contribution in [0.25, 0.3) is 0 Å². The average Bonchev–Trinajstić information content (AvgIpc) is 2.74. The molecule has 0 bridgehead atoms. The maximum atomic E-state index is 13.6. The summed E-state index contributed by atoms with van der Waals surface area (Å²) >= 11 is 5.85. The highest BCUT2D eigenvalue weighted by Gasteiger charge is 2.34. The Labute approximate surface area is 191 Å². The lowest BCUT2D eigenvalue weighted by Gasteiger charge is -2.16. The maximum Gasteiger partial charge on any atom is 0.418 e. The molecule has 10 heteroatoms. The van der Waals surface area contributed by atoms with Crippen LogP contribution in [0.1, 0.15) is 21.5 Å². The van der Waals surface area contributed by atoms with Gasteiger partial charge in [-0.05, 0) is 73.2 Å². The van der Waals surface area contributed by atoms with Gasteiger partial charge in [0, 0.05) is 16.3 Å². The Morgan fingerprint density at radius 3 is 2.30 bits per heavy atom. The number of alkyl halides is 3. The van der Waals surface area contributed by atoms with Crippen LogP contribution < -0.4 is 15.4 Å². The third-order valence-electron chi connectivity index (χ3n) is 4.46. The molecular formula is C23H17ClF4N2O3. The zero-order valence-electron chi connectivity index (χ0n) is 17.1. The lowest BCUT2D eigenvalue weighted by atomic mass is 10.1. The van der Waals surface area contributed by atoms with Crippen LogP contribution in [0.4, 0.5) is 28.9 Å². The minimum atomic E-state index is -4.81. The van der Waals surface area contributed by atoms with E-state index in [0.29, 0.717) is 22.4 Å². The molecule has 0 aliphatic carbocycles. The Balaban J connectivity index is 1.73. The molecule has 2 amide bonds. The van der Waals surface area contributed by atoms with Crippen molar-refractivity contribution < 1.29 is 31.9 Å². The van der Waals surface area contributed by atoms with Crippen LogP contribution in [0, 0.1) is 12.7 Å². The summed E-state index contributed by atoms with van der Waals surface area (Å²) in [6, 6.07) is 12.2. The molecule has 0 atom stereocenters. The van der Waals surface area contributed by atoms with E-state index in [0.717, 1.165) is 18.2 Å². The van der Waals surface area contributed by atoms with E-state index in [9.17, 15) is 27.2 Å². The zero-order chi connectivity index (χ0) is 24.2. The molecule has 0 fully saturated rings. The summed E-state index contributed by atoms with van der Waals surface area (Å²) in [6.07, 6.45) is -4.81. The van der Waals surface area contributed by atoms with Crippen molar-refractivity contribution in [3.8, 4) is 5.75 Å². The van der Waals surface area contributed by atoms with Gasteiger partial charge >= 0.3 is 6.18 Å². The van der Waals surface area contributed by atoms with Crippen molar-refractivity contribution in [3.63, 3.8) is 0 Å². The fraction of sp³-hybridized carbons (Fsp3) is 0.130. The van der Waals surface area contributed by atoms with E-state index in [2.05, 4.69) is 10.6 Å². The third-order valence-corrected chi connectivity index (χ3v) is 4.69. The van der Waals surface area contributed by atoms with Gasteiger partial charge in [0.05, 0.1) is 11.3 Å². The molecule has 0 saturated heterocycles. The molecule has 0 spiro atoms. The van der Waals surface area contributed by atoms with Gasteiger partial charge < -0.3 is 15.4 Å². The number of nitrogens with one attached hydrogen (secondary N) is 2. The first-order chi connectivity index (χ1) is 15.5. The van der Waals surface area contributed by atoms with Gasteiger partial charge in [-0.3, -0.25) is 9.59 Å². The molecule has 3 aromatic carbocycles. The lowest BCUT2D eigenvalue weighted by molar-refractivity contribution is -0.137. The molecule has 0 aromatic heterocycles. The summed E-state index contributed by atoms with van der Waals surface area (Å²) in [5.41, 5.74) is -1.08. The average molecular weight is 481 g/mol. The topological polar surface area (TPSA) is 67.4 Å². The predicted octanol–water partition coefficient (Wildman–Crippen LogP) is 6.08. The minimum absolute atomic E-state index is 0.0666. The van der Waals surface area contributed by atoms with Crippen LogP contribution in [0.15, 0.2) is 60.7 Å². The van der Waals surface area contributed by atoms with Crippen molar-refractivity contribution in [3.05, 3.63) is 88.2 Å². The van der Waals surface area contributed by atoms with Gasteiger partial charge in [0.2, 0.25) is 0 Å². The van der Waals surface area contributed by atoms with Crippen molar-refractivity contribution >= 4 is 34.8 Å². The minimum Gasteiger partial charge on any atom is -0.483 e. The van der Waals surface area contributed by atoms with Crippen molar-refractivity contribution in [1.29, 1.82) is 0 Å². The van der Waals surface area contributed by atoms with Gasteiger partial charge in [0.1, 0.15) is 11.6 Å². The molecule has 2 N–H and O–H groups in total. The van der Waals surface area contributed by atoms with Crippen molar-refractivity contribution in [2.75, 3.05) is 17.2 Å². The van der Waals surface area contributed by atoms with Crippen molar-refractivity contribution in [2.24, 2.45) is 0 Å². The Hall–Kier alpha value is -3.59. The van der Waals surface area contributed by atoms with Gasteiger partial charge in [-0.15, -0.1) is 0 Å². The van der Waals surface area contributed by atoms with Crippen LogP contribution in [0.2, 0.25) is 5.02 Å². The number of carbonyl (C=O) groups is 2. The summed E-state index contributed by atoms with van der Waals surface area (Å²) in [5, 5.41) is 4.97. The summed E-state index contributed by atoms with van der Waals surface area (Å²) in [5.74, 6) is -1.71. The number of benzene rings is 3. The highest BCUT2D eigenvalue weighted by Crippen LogP contribution is 2.36. The van der Waals surface area contributed by atoms with Gasteiger partial charge in [-0.25, -0.2) is 4.39 Å². The molecule has 5 nitrogen and oxygen atoms in total. The number of carbonyl (C=O) groups excluding carboxylic acids is 2. The van der Waals surface area contributed by atoms with E-state index in [1.165, 1.54) is 18.2 Å². The van der Waals surface area contributed by atoms with Gasteiger partial charge in [-0.2, -0.15) is 13.2 Å². The number of ether oxygens (including phenoxy) is 1. The van der Waals surface area contributed by atoms with E-state index in [-0.39, 0.29) is 11.3 Å². The molecule has 172 valence electrons. The molecule has 0 saturated carbocycles. The van der Waals surface area contributed by atoms with Crippen LogP contribution in [0.3, 0.4) is 0 Å². The zero-order valence-corrected chi connectivity index (χ0v) is 17.9. The Morgan fingerprint density at radius 2 is 1.67 bits per heavy atom. The first-order valence-corrected chi connectivity index (χ1v) is 9.87. The molecule has 3 rings (SSSR count). The van der Waals surface area contributed by atoms with E-state index in [4.69, 9.17) is 16.3 Å². The Kier molecular flexibility index (Phi) is 7.23. The van der Waals surface area contributed by atoms with Crippen molar-refractivity contribution in [2.45, 2.75) is 13.1 Å². The number of halogens is 5. The van der Waals surface area contributed by atoms with Gasteiger partial charge in [0.15, 0.2) is 6.61 Å². The second-order valence-electron chi connectivity index (χ2n) is 6.97. The standard InChI is InChI=1S/C23H17ClF4N2O3/c1-13-10-15(24)4-9-20(13)33-12-21(31)30-19-8-7-17(11-18(19)23(26,27)28)29-22(32)14-2-5-16(25)6-3-14/h2-11H,12H2,1H3,(H,29,32)(H,30,31). The van der Waals surface area contributed by atoms with E-state index in [1.807, 2.05) is 0 Å². The first-order valence-electron chi connectivity index (χ1n) is 9.50. The van der Waals surface area contributed by atoms with E-state index < -0.39 is 41.7 Å². The normalized spacial score (nSPS) is 11.1. The molecule has 0 aliphatic rings. The Bertz CT molecular complexity index is 1180. The highest BCUT2D eigenvalue weighted by molar-refractivity contribution is 6.30. The van der Waals surface area contributed by atoms with Crippen LogP contribution in [0.5, 0.6) is 5.75 Å². The van der Waals surface area contributed by atoms with Crippen molar-refractivity contribution in [1.82, 2.24) is 0 Å². The fourth-order valence-corrected chi connectivity index (χ4v) is 3.10. The highest BCUT2D eigenvalue weighted by atomic mass is 35.5. The largest absolute Gasteiger partial charge is 0.483 e. The smallest absolute Gasteiger partial charge is 0.418 e. The fourth-order valence-electron chi connectivity index (χ4n) is 2.87. The molecule has 3 aromatic rings. The summed E-state index contributed by atoms with van der Waals surface area (Å²) in [7, 11) is 0. The third kappa shape index (κ3) is 6.45. The summed E-state index contributed by atoms with van der Waals surface area (Å²) < 4.78 is 59.1. The number of hydrogen-bond donors (Lipinski definition) is 2. The molecule has 0 aliphatic heterocycles. The van der Waals surface area contributed by atoms with E-state index in [1.54, 1.807) is 25.1 Å². The van der Waals surface area contributed by atoms with E-state index >= 15 is 0 Å². The molecular weight excluding hydrogens is 464 g/mol. The monoisotopic (exact) mass is 480 g/mol. The second-order valence-corrected chi connectivity index (χ2v) is 7.40. The Morgan fingerprint density at radius 1 is 0.970 bits per heavy atom. The van der Waals surface area contributed by atoms with Crippen LogP contribution in [-0.2, 0) is 11.0 Å². The lowest BCUT2D eigenvalue weighted by Crippen LogP contribution is -2.23. The number of rotatable bonds is 6. The predicted molar refractivity (Wildman–Crippen MR) is 116 cm³/mol. The maximum absolute atomic E-state index is 13.6. The summed E-state index contributed by atoms with van der Waals surface area (Å²) in [6.45, 7) is 1.18. The molecule has 0 unspecified atom stereocenters. The number of anilines is 2. The molecule has 0 radical (unpaired) electrons. The SMILES string of the molecule is Cc1cc(Cl)ccc1OCC(=O)Nc1ccc(NC(=O)c2ccc(F)cc2)cc1C(F)(F)F. The number of aryl methyl sites for hydroxylation is 1. The number of hydrogen-bond acceptors (Lipinski definition) is 3. The number of amides is 2. The summed E-state index contributed by atoms with van der Waals surface area (Å²) in [4.78, 5) is 24.4.